The molecule has 1 rings (SSSR count). The van der Waals surface area contributed by atoms with E-state index >= 15 is 0 Å². The number of hydrogen-bond acceptors (Lipinski definition) is 2. The van der Waals surface area contributed by atoms with Gasteiger partial charge in [0.25, 0.3) is 5.91 Å². The van der Waals surface area contributed by atoms with Crippen molar-refractivity contribution in [3.8, 4) is 11.5 Å². The van der Waals surface area contributed by atoms with Gasteiger partial charge in [-0.3, -0.25) is 4.79 Å². The molecule has 6 heteroatoms. The highest BCUT2D eigenvalue weighted by Gasteiger charge is 2.33. The lowest BCUT2D eigenvalue weighted by atomic mass is 10.1. The number of rotatable bonds is 4. The second-order valence-electron chi connectivity index (χ2n) is 7.23. The number of nitrogens with one attached hydrogen (secondary N) is 1. The van der Waals surface area contributed by atoms with Gasteiger partial charge < -0.3 is 10.4 Å². The van der Waals surface area contributed by atoms with Crippen molar-refractivity contribution in [1.82, 2.24) is 5.32 Å². The molecule has 1 amide bonds. The molecule has 0 radical (unpaired) electrons. The minimum absolute atomic E-state index is 0.0119. The van der Waals surface area contributed by atoms with E-state index in [9.17, 15) is 19.1 Å². The number of carboxylic acids is 1. The van der Waals surface area contributed by atoms with E-state index in [1.165, 1.54) is 18.2 Å². The van der Waals surface area contributed by atoms with Gasteiger partial charge in [0.05, 0.1) is 5.56 Å². The van der Waals surface area contributed by atoms with Crippen LogP contribution in [0, 0.1) is 17.3 Å². The van der Waals surface area contributed by atoms with E-state index in [1.807, 2.05) is 0 Å². The third kappa shape index (κ3) is 5.20. The number of carbonyl (C=O) groups excluding carboxylic acids is 1. The summed E-state index contributed by atoms with van der Waals surface area (Å²) in [6, 6.07) is 4.28. The molecule has 24 heavy (non-hydrogen) atoms. The van der Waals surface area contributed by atoms with Crippen LogP contribution < -0.4 is 5.32 Å². The number of hydrogen-bond donors (Lipinski definition) is 2. The molecule has 1 aromatic rings. The second-order valence-corrected chi connectivity index (χ2v) is 12.2. The molecule has 0 saturated heterocycles. The van der Waals surface area contributed by atoms with Crippen molar-refractivity contribution < 1.29 is 19.1 Å². The van der Waals surface area contributed by atoms with Gasteiger partial charge in [0.2, 0.25) is 0 Å². The highest BCUT2D eigenvalue weighted by atomic mass is 28.3. The average molecular weight is 349 g/mol. The van der Waals surface area contributed by atoms with E-state index in [-0.39, 0.29) is 17.0 Å². The molecule has 1 atom stereocenters. The molecular formula is C18H24FNO3Si. The molecule has 0 spiro atoms. The molecule has 0 bridgehead atoms. The Morgan fingerprint density at radius 2 is 1.88 bits per heavy atom. The van der Waals surface area contributed by atoms with Crippen LogP contribution in [0.3, 0.4) is 0 Å². The Kier molecular flexibility index (Phi) is 6.33. The molecule has 1 aromatic carbocycles. The van der Waals surface area contributed by atoms with Gasteiger partial charge in [-0.2, -0.15) is 0 Å². The van der Waals surface area contributed by atoms with Crippen LogP contribution >= 0.6 is 0 Å². The third-order valence-electron chi connectivity index (χ3n) is 4.30. The molecular weight excluding hydrogens is 325 g/mol. The van der Waals surface area contributed by atoms with Crippen LogP contribution in [0.25, 0.3) is 0 Å². The largest absolute Gasteiger partial charge is 0.480 e. The van der Waals surface area contributed by atoms with Crippen molar-refractivity contribution in [2.24, 2.45) is 0 Å². The number of benzene rings is 1. The van der Waals surface area contributed by atoms with Crippen molar-refractivity contribution in [3.63, 3.8) is 0 Å². The first-order valence-corrected chi connectivity index (χ1v) is 10.7. The Morgan fingerprint density at radius 3 is 2.38 bits per heavy atom. The first-order valence-electron chi connectivity index (χ1n) is 7.74. The summed E-state index contributed by atoms with van der Waals surface area (Å²) >= 11 is 0. The SMILES string of the molecule is CC(C)(C)[Si](C)(C)C#CC[C@@H](NC(=O)c1ccccc1F)C(=O)O. The molecule has 0 saturated carbocycles. The molecule has 0 unspecified atom stereocenters. The zero-order valence-electron chi connectivity index (χ0n) is 14.7. The number of carboxylic acid groups (broad SMARTS) is 1. The van der Waals surface area contributed by atoms with Gasteiger partial charge in [-0.1, -0.05) is 46.0 Å². The Balaban J connectivity index is 2.86. The van der Waals surface area contributed by atoms with Crippen molar-refractivity contribution in [2.45, 2.75) is 51.4 Å². The number of carbonyl (C=O) groups is 2. The fourth-order valence-electron chi connectivity index (χ4n) is 1.64. The molecule has 0 fully saturated rings. The lowest BCUT2D eigenvalue weighted by molar-refractivity contribution is -0.139. The molecule has 130 valence electrons. The maximum absolute atomic E-state index is 13.6. The highest BCUT2D eigenvalue weighted by molar-refractivity contribution is 6.87. The third-order valence-corrected chi connectivity index (χ3v) is 8.86. The standard InChI is InChI=1S/C18H24FNO3Si/c1-18(2,3)24(4,5)12-8-11-15(17(22)23)20-16(21)13-9-6-7-10-14(13)19/h6-7,9-10,15H,11H2,1-5H3,(H,20,21)(H,22,23)/t15-/m1/s1. The van der Waals surface area contributed by atoms with Crippen LogP contribution in [0.4, 0.5) is 4.39 Å². The van der Waals surface area contributed by atoms with Gasteiger partial charge >= 0.3 is 5.97 Å². The molecule has 0 aromatic heterocycles. The zero-order chi connectivity index (χ0) is 18.5. The molecule has 0 aliphatic carbocycles. The number of halogens is 1. The average Bonchev–Trinajstić information content (AvgIpc) is 2.45. The first kappa shape index (κ1) is 19.9. The van der Waals surface area contributed by atoms with Gasteiger partial charge in [-0.05, 0) is 17.2 Å². The van der Waals surface area contributed by atoms with Gasteiger partial charge in [0, 0.05) is 6.42 Å². The van der Waals surface area contributed by atoms with Crippen molar-refractivity contribution in [1.29, 1.82) is 0 Å². The Morgan fingerprint density at radius 1 is 1.29 bits per heavy atom. The summed E-state index contributed by atoms with van der Waals surface area (Å²) in [6.07, 6.45) is -0.0119. The normalized spacial score (nSPS) is 12.8. The van der Waals surface area contributed by atoms with Gasteiger partial charge in [0.1, 0.15) is 19.9 Å². The Labute approximate surface area is 143 Å². The topological polar surface area (TPSA) is 66.4 Å². The van der Waals surface area contributed by atoms with Crippen LogP contribution in [0.1, 0.15) is 37.6 Å². The van der Waals surface area contributed by atoms with Crippen LogP contribution in [0.5, 0.6) is 0 Å². The predicted molar refractivity (Wildman–Crippen MR) is 94.9 cm³/mol. The molecule has 0 aliphatic heterocycles. The van der Waals surface area contributed by atoms with E-state index < -0.39 is 31.8 Å². The summed E-state index contributed by atoms with van der Waals surface area (Å²) in [7, 11) is -1.85. The summed E-state index contributed by atoms with van der Waals surface area (Å²) in [5.74, 6) is 0.274. The summed E-state index contributed by atoms with van der Waals surface area (Å²) in [4.78, 5) is 23.4. The monoisotopic (exact) mass is 349 g/mol. The zero-order valence-corrected chi connectivity index (χ0v) is 15.7. The minimum atomic E-state index is -1.85. The molecule has 0 heterocycles. The van der Waals surface area contributed by atoms with Crippen LogP contribution in [0.2, 0.25) is 18.1 Å². The maximum atomic E-state index is 13.6. The predicted octanol–water partition coefficient (Wildman–Crippen LogP) is 3.45. The van der Waals surface area contributed by atoms with E-state index in [4.69, 9.17) is 0 Å². The second kappa shape index (κ2) is 7.62. The highest BCUT2D eigenvalue weighted by Crippen LogP contribution is 2.35. The maximum Gasteiger partial charge on any atom is 0.327 e. The molecule has 2 N–H and O–H groups in total. The Hall–Kier alpha value is -2.13. The van der Waals surface area contributed by atoms with Crippen LogP contribution in [-0.4, -0.2) is 31.1 Å². The van der Waals surface area contributed by atoms with Crippen LogP contribution in [-0.2, 0) is 4.79 Å². The van der Waals surface area contributed by atoms with E-state index in [1.54, 1.807) is 0 Å². The van der Waals surface area contributed by atoms with Crippen molar-refractivity contribution in [2.75, 3.05) is 0 Å². The Bertz CT molecular complexity index is 683. The van der Waals surface area contributed by atoms with E-state index in [0.29, 0.717) is 0 Å². The number of amides is 1. The van der Waals surface area contributed by atoms with Gasteiger partial charge in [0.15, 0.2) is 0 Å². The van der Waals surface area contributed by atoms with Crippen molar-refractivity contribution >= 4 is 20.0 Å². The van der Waals surface area contributed by atoms with Gasteiger partial charge in [-0.15, -0.1) is 11.5 Å². The van der Waals surface area contributed by atoms with E-state index in [2.05, 4.69) is 50.6 Å². The first-order chi connectivity index (χ1) is 11.0. The summed E-state index contributed by atoms with van der Waals surface area (Å²) in [5, 5.41) is 11.7. The van der Waals surface area contributed by atoms with Crippen molar-refractivity contribution in [3.05, 3.63) is 35.6 Å². The lowest BCUT2D eigenvalue weighted by Gasteiger charge is -2.31. The summed E-state index contributed by atoms with van der Waals surface area (Å²) < 4.78 is 13.6. The van der Waals surface area contributed by atoms with Crippen LogP contribution in [0.15, 0.2) is 24.3 Å². The van der Waals surface area contributed by atoms with E-state index in [0.717, 1.165) is 6.07 Å². The quantitative estimate of drug-likeness (QED) is 0.646. The fraction of sp³-hybridized carbons (Fsp3) is 0.444. The summed E-state index contributed by atoms with van der Waals surface area (Å²) in [6.45, 7) is 10.6. The van der Waals surface area contributed by atoms with Gasteiger partial charge in [-0.25, -0.2) is 9.18 Å². The smallest absolute Gasteiger partial charge is 0.327 e. The fourth-order valence-corrected chi connectivity index (χ4v) is 2.56. The molecule has 4 nitrogen and oxygen atoms in total. The summed E-state index contributed by atoms with van der Waals surface area (Å²) in [5.41, 5.74) is 3.03. The minimum Gasteiger partial charge on any atom is -0.480 e. The lowest BCUT2D eigenvalue weighted by Crippen LogP contribution is -2.41. The molecule has 0 aliphatic rings. The number of aliphatic carboxylic acids is 1.